The van der Waals surface area contributed by atoms with Gasteiger partial charge < -0.3 is 4.74 Å². The number of rotatable bonds is 4. The van der Waals surface area contributed by atoms with Crippen LogP contribution in [0.15, 0.2) is 0 Å². The van der Waals surface area contributed by atoms with Crippen LogP contribution in [0.3, 0.4) is 0 Å². The Morgan fingerprint density at radius 2 is 2.20 bits per heavy atom. The molecule has 0 aliphatic heterocycles. The Kier molecular flexibility index (Phi) is 4.88. The van der Waals surface area contributed by atoms with E-state index >= 15 is 0 Å². The van der Waals surface area contributed by atoms with E-state index in [9.17, 15) is 4.79 Å². The molecular formula is C6H12O4. The highest BCUT2D eigenvalue weighted by molar-refractivity contribution is 5.65. The molecule has 10 heavy (non-hydrogen) atoms. The van der Waals surface area contributed by atoms with E-state index in [1.54, 1.807) is 14.0 Å². The molecule has 0 amide bonds. The predicted octanol–water partition coefficient (Wildman–Crippen LogP) is 0.516. The van der Waals surface area contributed by atoms with E-state index in [4.69, 9.17) is 4.74 Å². The fourth-order valence-corrected chi connectivity index (χ4v) is 0.412. The molecule has 0 aliphatic rings. The average Bonchev–Trinajstić information content (AvgIpc) is 1.85. The third-order valence-corrected chi connectivity index (χ3v) is 0.731. The minimum atomic E-state index is -0.456. The van der Waals surface area contributed by atoms with Crippen LogP contribution in [0.25, 0.3) is 0 Å². The van der Waals surface area contributed by atoms with E-state index in [0.717, 1.165) is 0 Å². The van der Waals surface area contributed by atoms with E-state index in [-0.39, 0.29) is 6.10 Å². The number of methoxy groups -OCH3 is 1. The van der Waals surface area contributed by atoms with Crippen molar-refractivity contribution in [1.82, 2.24) is 0 Å². The Hall–Kier alpha value is -0.610. The van der Waals surface area contributed by atoms with E-state index in [1.165, 1.54) is 6.92 Å². The maximum atomic E-state index is 10.2. The lowest BCUT2D eigenvalue weighted by atomic mass is 10.4. The zero-order valence-corrected chi connectivity index (χ0v) is 6.42. The van der Waals surface area contributed by atoms with Crippen LogP contribution in [0.1, 0.15) is 13.8 Å². The largest absolute Gasteiger partial charge is 0.382 e. The summed E-state index contributed by atoms with van der Waals surface area (Å²) in [5.41, 5.74) is 0. The number of ether oxygens (including phenoxy) is 1. The molecule has 0 bridgehead atoms. The van der Waals surface area contributed by atoms with Crippen LogP contribution in [0.4, 0.5) is 0 Å². The van der Waals surface area contributed by atoms with E-state index in [0.29, 0.717) is 6.61 Å². The zero-order chi connectivity index (χ0) is 7.98. The standard InChI is InChI=1S/C6H12O4/c1-5(4-8-3)9-10-6(2)7/h5H,4H2,1-3H3. The molecule has 0 aromatic carbocycles. The predicted molar refractivity (Wildman–Crippen MR) is 34.2 cm³/mol. The highest BCUT2D eigenvalue weighted by Crippen LogP contribution is 1.91. The van der Waals surface area contributed by atoms with Gasteiger partial charge >= 0.3 is 5.97 Å². The molecular weight excluding hydrogens is 136 g/mol. The van der Waals surface area contributed by atoms with Gasteiger partial charge in [-0.15, -0.1) is 0 Å². The van der Waals surface area contributed by atoms with Crippen molar-refractivity contribution >= 4 is 5.97 Å². The molecule has 4 nitrogen and oxygen atoms in total. The molecule has 0 saturated heterocycles. The van der Waals surface area contributed by atoms with E-state index in [2.05, 4.69) is 9.78 Å². The average molecular weight is 148 g/mol. The third kappa shape index (κ3) is 5.53. The SMILES string of the molecule is COCC(C)OOC(C)=O. The lowest BCUT2D eigenvalue weighted by molar-refractivity contribution is -0.298. The van der Waals surface area contributed by atoms with Gasteiger partial charge in [-0.2, -0.15) is 4.89 Å². The molecule has 0 aromatic rings. The third-order valence-electron chi connectivity index (χ3n) is 0.731. The summed E-state index contributed by atoms with van der Waals surface area (Å²) in [4.78, 5) is 19.0. The Bertz CT molecular complexity index is 102. The summed E-state index contributed by atoms with van der Waals surface area (Å²) >= 11 is 0. The summed E-state index contributed by atoms with van der Waals surface area (Å²) in [6, 6.07) is 0. The Morgan fingerprint density at radius 1 is 1.60 bits per heavy atom. The van der Waals surface area contributed by atoms with Crippen LogP contribution >= 0.6 is 0 Å². The van der Waals surface area contributed by atoms with Crippen LogP contribution in [0.2, 0.25) is 0 Å². The quantitative estimate of drug-likeness (QED) is 0.430. The minimum absolute atomic E-state index is 0.214. The van der Waals surface area contributed by atoms with Crippen molar-refractivity contribution in [3.8, 4) is 0 Å². The van der Waals surface area contributed by atoms with Crippen molar-refractivity contribution in [1.29, 1.82) is 0 Å². The van der Waals surface area contributed by atoms with Crippen molar-refractivity contribution in [3.05, 3.63) is 0 Å². The van der Waals surface area contributed by atoms with E-state index in [1.807, 2.05) is 0 Å². The smallest absolute Gasteiger partial charge is 0.339 e. The molecule has 1 unspecified atom stereocenters. The van der Waals surface area contributed by atoms with Gasteiger partial charge in [-0.3, -0.25) is 4.89 Å². The molecule has 0 radical (unpaired) electrons. The first-order chi connectivity index (χ1) is 4.66. The molecule has 0 N–H and O–H groups in total. The fourth-order valence-electron chi connectivity index (χ4n) is 0.412. The first-order valence-corrected chi connectivity index (χ1v) is 2.99. The molecule has 0 fully saturated rings. The van der Waals surface area contributed by atoms with Gasteiger partial charge in [0.2, 0.25) is 0 Å². The summed E-state index contributed by atoms with van der Waals surface area (Å²) in [6.45, 7) is 3.43. The molecule has 60 valence electrons. The lowest BCUT2D eigenvalue weighted by Crippen LogP contribution is -2.16. The summed E-state index contributed by atoms with van der Waals surface area (Å²) in [6.07, 6.45) is -0.214. The zero-order valence-electron chi connectivity index (χ0n) is 6.42. The second kappa shape index (κ2) is 5.20. The Morgan fingerprint density at radius 3 is 2.60 bits per heavy atom. The Balaban J connectivity index is 3.21. The molecule has 0 rings (SSSR count). The number of hydrogen-bond donors (Lipinski definition) is 0. The van der Waals surface area contributed by atoms with Crippen LogP contribution in [-0.2, 0) is 19.3 Å². The molecule has 0 aliphatic carbocycles. The first-order valence-electron chi connectivity index (χ1n) is 2.99. The normalized spacial score (nSPS) is 12.7. The number of carbonyl (C=O) groups is 1. The highest BCUT2D eigenvalue weighted by atomic mass is 17.2. The van der Waals surface area contributed by atoms with Crippen molar-refractivity contribution < 1.29 is 19.3 Å². The van der Waals surface area contributed by atoms with Gasteiger partial charge in [0.15, 0.2) is 0 Å². The topological polar surface area (TPSA) is 44.8 Å². The highest BCUT2D eigenvalue weighted by Gasteiger charge is 2.03. The molecule has 0 heterocycles. The second-order valence-corrected chi connectivity index (χ2v) is 1.94. The van der Waals surface area contributed by atoms with Crippen molar-refractivity contribution in [2.24, 2.45) is 0 Å². The van der Waals surface area contributed by atoms with Crippen molar-refractivity contribution in [2.75, 3.05) is 13.7 Å². The minimum Gasteiger partial charge on any atom is -0.382 e. The lowest BCUT2D eigenvalue weighted by Gasteiger charge is -2.07. The van der Waals surface area contributed by atoms with Crippen LogP contribution < -0.4 is 0 Å². The van der Waals surface area contributed by atoms with Crippen LogP contribution in [-0.4, -0.2) is 25.8 Å². The van der Waals surface area contributed by atoms with Crippen molar-refractivity contribution in [2.45, 2.75) is 20.0 Å². The monoisotopic (exact) mass is 148 g/mol. The maximum absolute atomic E-state index is 10.2. The summed E-state index contributed by atoms with van der Waals surface area (Å²) in [7, 11) is 1.55. The number of hydrogen-bond acceptors (Lipinski definition) is 4. The van der Waals surface area contributed by atoms with Gasteiger partial charge in [-0.25, -0.2) is 4.79 Å². The summed E-state index contributed by atoms with van der Waals surface area (Å²) < 4.78 is 4.72. The number of carbonyl (C=O) groups excluding carboxylic acids is 1. The molecule has 0 aromatic heterocycles. The molecule has 0 saturated carbocycles. The molecule has 4 heteroatoms. The summed E-state index contributed by atoms with van der Waals surface area (Å²) in [5.74, 6) is -0.456. The fraction of sp³-hybridized carbons (Fsp3) is 0.833. The van der Waals surface area contributed by atoms with Gasteiger partial charge in [-0.1, -0.05) is 0 Å². The van der Waals surface area contributed by atoms with Crippen LogP contribution in [0, 0.1) is 0 Å². The van der Waals surface area contributed by atoms with Gasteiger partial charge in [0.1, 0.15) is 6.10 Å². The van der Waals surface area contributed by atoms with Gasteiger partial charge in [0, 0.05) is 14.0 Å². The van der Waals surface area contributed by atoms with Crippen molar-refractivity contribution in [3.63, 3.8) is 0 Å². The molecule has 1 atom stereocenters. The van der Waals surface area contributed by atoms with Gasteiger partial charge in [0.05, 0.1) is 6.61 Å². The second-order valence-electron chi connectivity index (χ2n) is 1.94. The first kappa shape index (κ1) is 9.39. The maximum Gasteiger partial charge on any atom is 0.339 e. The van der Waals surface area contributed by atoms with Crippen LogP contribution in [0.5, 0.6) is 0 Å². The Labute approximate surface area is 60.0 Å². The van der Waals surface area contributed by atoms with Gasteiger partial charge in [0.25, 0.3) is 0 Å². The summed E-state index contributed by atoms with van der Waals surface area (Å²) in [5, 5.41) is 0. The molecule has 0 spiro atoms. The van der Waals surface area contributed by atoms with Gasteiger partial charge in [-0.05, 0) is 6.92 Å². The van der Waals surface area contributed by atoms with E-state index < -0.39 is 5.97 Å².